The van der Waals surface area contributed by atoms with E-state index in [0.717, 1.165) is 24.8 Å². The Morgan fingerprint density at radius 1 is 1.11 bits per heavy atom. The number of anilines is 1. The molecule has 0 saturated carbocycles. The van der Waals surface area contributed by atoms with Crippen LogP contribution in [-0.2, 0) is 16.4 Å². The minimum Gasteiger partial charge on any atom is -0.322 e. The first-order valence-corrected chi connectivity index (χ1v) is 10.8. The maximum absolute atomic E-state index is 12.9. The highest BCUT2D eigenvalue weighted by Crippen LogP contribution is 2.26. The first kappa shape index (κ1) is 20.3. The van der Waals surface area contributed by atoms with Gasteiger partial charge >= 0.3 is 0 Å². The quantitative estimate of drug-likeness (QED) is 0.800. The van der Waals surface area contributed by atoms with Gasteiger partial charge in [-0.25, -0.2) is 8.42 Å². The van der Waals surface area contributed by atoms with Crippen molar-refractivity contribution in [2.45, 2.75) is 30.6 Å². The molecule has 1 N–H and O–H groups in total. The second-order valence-corrected chi connectivity index (χ2v) is 8.94. The smallest absolute Gasteiger partial charge is 0.257 e. The standard InChI is InChI=1S/C20H20ClN3O3S/c21-19-9-8-17(28(26,27)24-12-2-1-3-13-24)14-18(19)20(25)23-16-6-4-15(5-7-16)10-11-22/h4-9,14H,1-3,10,12-13H2,(H,23,25). The molecule has 1 fully saturated rings. The van der Waals surface area contributed by atoms with Crippen LogP contribution in [0.2, 0.25) is 5.02 Å². The van der Waals surface area contributed by atoms with Crippen molar-refractivity contribution < 1.29 is 13.2 Å². The Morgan fingerprint density at radius 3 is 2.43 bits per heavy atom. The van der Waals surface area contributed by atoms with Crippen molar-refractivity contribution in [3.05, 3.63) is 58.6 Å². The summed E-state index contributed by atoms with van der Waals surface area (Å²) in [5, 5.41) is 11.6. The molecular weight excluding hydrogens is 398 g/mol. The third kappa shape index (κ3) is 4.53. The average molecular weight is 418 g/mol. The Balaban J connectivity index is 1.82. The van der Waals surface area contributed by atoms with Crippen molar-refractivity contribution in [2.75, 3.05) is 18.4 Å². The molecule has 1 amide bonds. The zero-order chi connectivity index (χ0) is 20.1. The molecule has 0 unspecified atom stereocenters. The minimum absolute atomic E-state index is 0.0633. The van der Waals surface area contributed by atoms with Gasteiger partial charge in [-0.3, -0.25) is 4.79 Å². The van der Waals surface area contributed by atoms with Gasteiger partial charge in [0, 0.05) is 18.8 Å². The number of nitriles is 1. The fourth-order valence-electron chi connectivity index (χ4n) is 3.09. The van der Waals surface area contributed by atoms with Crippen LogP contribution in [0.1, 0.15) is 35.2 Å². The van der Waals surface area contributed by atoms with Crippen LogP contribution in [0.3, 0.4) is 0 Å². The van der Waals surface area contributed by atoms with Crippen LogP contribution >= 0.6 is 11.6 Å². The minimum atomic E-state index is -3.66. The summed E-state index contributed by atoms with van der Waals surface area (Å²) < 4.78 is 27.2. The SMILES string of the molecule is N#CCc1ccc(NC(=O)c2cc(S(=O)(=O)N3CCCCC3)ccc2Cl)cc1. The molecule has 1 aliphatic rings. The third-order valence-electron chi connectivity index (χ3n) is 4.63. The van der Waals surface area contributed by atoms with Crippen LogP contribution in [0.25, 0.3) is 0 Å². The molecule has 2 aromatic rings. The van der Waals surface area contributed by atoms with Crippen molar-refractivity contribution in [2.24, 2.45) is 0 Å². The topological polar surface area (TPSA) is 90.3 Å². The molecule has 3 rings (SSSR count). The number of nitrogens with one attached hydrogen (secondary N) is 1. The molecule has 28 heavy (non-hydrogen) atoms. The summed E-state index contributed by atoms with van der Waals surface area (Å²) >= 11 is 6.15. The van der Waals surface area contributed by atoms with Crippen LogP contribution in [0, 0.1) is 11.3 Å². The van der Waals surface area contributed by atoms with Crippen LogP contribution in [0.5, 0.6) is 0 Å². The van der Waals surface area contributed by atoms with E-state index in [1.165, 1.54) is 22.5 Å². The predicted molar refractivity (Wildman–Crippen MR) is 108 cm³/mol. The Kier molecular flexibility index (Phi) is 6.35. The lowest BCUT2D eigenvalue weighted by Gasteiger charge is -2.26. The highest BCUT2D eigenvalue weighted by molar-refractivity contribution is 7.89. The molecular formula is C20H20ClN3O3S. The normalized spacial score (nSPS) is 15.0. The monoisotopic (exact) mass is 417 g/mol. The van der Waals surface area contributed by atoms with Crippen LogP contribution in [-0.4, -0.2) is 31.7 Å². The van der Waals surface area contributed by atoms with Gasteiger partial charge in [0.25, 0.3) is 5.91 Å². The van der Waals surface area contributed by atoms with Gasteiger partial charge in [0.2, 0.25) is 10.0 Å². The Labute approximate surface area is 169 Å². The van der Waals surface area contributed by atoms with Crippen LogP contribution < -0.4 is 5.32 Å². The molecule has 0 aromatic heterocycles. The molecule has 6 nitrogen and oxygen atoms in total. The molecule has 0 bridgehead atoms. The van der Waals surface area contributed by atoms with E-state index in [0.29, 0.717) is 18.8 Å². The molecule has 2 aromatic carbocycles. The van der Waals surface area contributed by atoms with E-state index in [-0.39, 0.29) is 21.9 Å². The average Bonchev–Trinajstić information content (AvgIpc) is 2.70. The number of carbonyl (C=O) groups excluding carboxylic acids is 1. The number of rotatable bonds is 5. The van der Waals surface area contributed by atoms with Crippen molar-refractivity contribution in [3.8, 4) is 6.07 Å². The molecule has 1 saturated heterocycles. The number of benzene rings is 2. The van der Waals surface area contributed by atoms with Gasteiger partial charge in [-0.2, -0.15) is 9.57 Å². The summed E-state index contributed by atoms with van der Waals surface area (Å²) in [5.41, 5.74) is 1.47. The lowest BCUT2D eigenvalue weighted by Crippen LogP contribution is -2.35. The van der Waals surface area contributed by atoms with E-state index < -0.39 is 15.9 Å². The predicted octanol–water partition coefficient (Wildman–Crippen LogP) is 3.83. The highest BCUT2D eigenvalue weighted by Gasteiger charge is 2.27. The van der Waals surface area contributed by atoms with Gasteiger partial charge in [0.15, 0.2) is 0 Å². The number of piperidine rings is 1. The van der Waals surface area contributed by atoms with Crippen molar-refractivity contribution >= 4 is 33.2 Å². The molecule has 0 aliphatic carbocycles. The second-order valence-electron chi connectivity index (χ2n) is 6.59. The van der Waals surface area contributed by atoms with E-state index in [4.69, 9.17) is 16.9 Å². The van der Waals surface area contributed by atoms with E-state index >= 15 is 0 Å². The van der Waals surface area contributed by atoms with Gasteiger partial charge < -0.3 is 5.32 Å². The zero-order valence-electron chi connectivity index (χ0n) is 15.2. The number of carbonyl (C=O) groups is 1. The van der Waals surface area contributed by atoms with Gasteiger partial charge in [-0.1, -0.05) is 30.2 Å². The van der Waals surface area contributed by atoms with E-state index in [1.807, 2.05) is 0 Å². The van der Waals surface area contributed by atoms with Crippen LogP contribution in [0.15, 0.2) is 47.4 Å². The fourth-order valence-corrected chi connectivity index (χ4v) is 4.84. The Hall–Kier alpha value is -2.40. The van der Waals surface area contributed by atoms with Gasteiger partial charge in [0.05, 0.1) is 28.0 Å². The van der Waals surface area contributed by atoms with E-state index in [1.54, 1.807) is 24.3 Å². The highest BCUT2D eigenvalue weighted by atomic mass is 35.5. The van der Waals surface area contributed by atoms with Gasteiger partial charge in [0.1, 0.15) is 0 Å². The maximum Gasteiger partial charge on any atom is 0.257 e. The Morgan fingerprint density at radius 2 is 1.79 bits per heavy atom. The molecule has 0 atom stereocenters. The summed E-state index contributed by atoms with van der Waals surface area (Å²) in [6.07, 6.45) is 2.98. The summed E-state index contributed by atoms with van der Waals surface area (Å²) in [5.74, 6) is -0.492. The zero-order valence-corrected chi connectivity index (χ0v) is 16.8. The number of hydrogen-bond donors (Lipinski definition) is 1. The molecule has 0 radical (unpaired) electrons. The summed E-state index contributed by atoms with van der Waals surface area (Å²) in [4.78, 5) is 12.7. The largest absolute Gasteiger partial charge is 0.322 e. The molecule has 0 spiro atoms. The lowest BCUT2D eigenvalue weighted by molar-refractivity contribution is 0.102. The third-order valence-corrected chi connectivity index (χ3v) is 6.85. The molecule has 1 heterocycles. The Bertz CT molecular complexity index is 1010. The number of amides is 1. The van der Waals surface area contributed by atoms with E-state index in [9.17, 15) is 13.2 Å². The van der Waals surface area contributed by atoms with Gasteiger partial charge in [-0.05, 0) is 48.7 Å². The first-order valence-electron chi connectivity index (χ1n) is 8.99. The first-order chi connectivity index (χ1) is 13.4. The number of halogens is 1. The van der Waals surface area contributed by atoms with Crippen molar-refractivity contribution in [1.82, 2.24) is 4.31 Å². The fraction of sp³-hybridized carbons (Fsp3) is 0.300. The lowest BCUT2D eigenvalue weighted by atomic mass is 10.1. The number of sulfonamides is 1. The molecule has 146 valence electrons. The van der Waals surface area contributed by atoms with Crippen LogP contribution in [0.4, 0.5) is 5.69 Å². The number of hydrogen-bond acceptors (Lipinski definition) is 4. The van der Waals surface area contributed by atoms with Crippen molar-refractivity contribution in [1.29, 1.82) is 5.26 Å². The summed E-state index contributed by atoms with van der Waals surface area (Å²) in [7, 11) is -3.66. The van der Waals surface area contributed by atoms with Crippen molar-refractivity contribution in [3.63, 3.8) is 0 Å². The maximum atomic E-state index is 12.9. The second kappa shape index (κ2) is 8.74. The van der Waals surface area contributed by atoms with E-state index in [2.05, 4.69) is 11.4 Å². The summed E-state index contributed by atoms with van der Waals surface area (Å²) in [6.45, 7) is 0.975. The summed E-state index contributed by atoms with van der Waals surface area (Å²) in [6, 6.07) is 13.1. The molecule has 1 aliphatic heterocycles. The number of nitrogens with zero attached hydrogens (tertiary/aromatic N) is 2. The van der Waals surface area contributed by atoms with Gasteiger partial charge in [-0.15, -0.1) is 0 Å². The molecule has 8 heteroatoms.